The molecule has 2 heterocycles. The summed E-state index contributed by atoms with van der Waals surface area (Å²) < 4.78 is 1.72. The first-order valence-corrected chi connectivity index (χ1v) is 5.90. The summed E-state index contributed by atoms with van der Waals surface area (Å²) >= 11 is 1.48. The van der Waals surface area contributed by atoms with Gasteiger partial charge in [0.05, 0.1) is 11.4 Å². The lowest BCUT2D eigenvalue weighted by Crippen LogP contribution is -2.11. The number of ketones is 1. The molecular formula is C10H12N4OS. The van der Waals surface area contributed by atoms with Gasteiger partial charge < -0.3 is 0 Å². The molecule has 2 aromatic heterocycles. The second kappa shape index (κ2) is 4.52. The Morgan fingerprint density at radius 1 is 1.56 bits per heavy atom. The van der Waals surface area contributed by atoms with Crippen molar-refractivity contribution in [3.05, 3.63) is 28.2 Å². The summed E-state index contributed by atoms with van der Waals surface area (Å²) in [5.41, 5.74) is 0.521. The Kier molecular flexibility index (Phi) is 3.09. The molecule has 0 fully saturated rings. The van der Waals surface area contributed by atoms with Gasteiger partial charge in [-0.05, 0) is 13.8 Å². The minimum absolute atomic E-state index is 0.00736. The fraction of sp³-hybridized carbons (Fsp3) is 0.400. The third kappa shape index (κ3) is 2.16. The van der Waals surface area contributed by atoms with Crippen molar-refractivity contribution in [3.63, 3.8) is 0 Å². The highest BCUT2D eigenvalue weighted by Crippen LogP contribution is 2.10. The van der Waals surface area contributed by atoms with Crippen molar-refractivity contribution in [1.29, 1.82) is 0 Å². The number of hydrogen-bond acceptors (Lipinski definition) is 5. The van der Waals surface area contributed by atoms with E-state index >= 15 is 0 Å². The van der Waals surface area contributed by atoms with Gasteiger partial charge in [-0.15, -0.1) is 11.3 Å². The number of carbonyl (C=O) groups is 1. The molecule has 0 saturated heterocycles. The average Bonchev–Trinajstić information content (AvgIpc) is 2.86. The highest BCUT2D eigenvalue weighted by Gasteiger charge is 2.13. The van der Waals surface area contributed by atoms with Gasteiger partial charge in [0.1, 0.15) is 17.8 Å². The van der Waals surface area contributed by atoms with E-state index in [1.807, 2.05) is 13.8 Å². The van der Waals surface area contributed by atoms with E-state index in [-0.39, 0.29) is 12.2 Å². The van der Waals surface area contributed by atoms with Crippen molar-refractivity contribution in [3.8, 4) is 0 Å². The predicted molar refractivity (Wildman–Crippen MR) is 60.6 cm³/mol. The molecule has 0 unspecified atom stereocenters. The normalized spacial score (nSPS) is 10.6. The molecule has 0 aliphatic carbocycles. The zero-order valence-electron chi connectivity index (χ0n) is 9.17. The second-order valence-corrected chi connectivity index (χ2v) is 4.41. The maximum atomic E-state index is 11.9. The first-order valence-electron chi connectivity index (χ1n) is 5.02. The number of carbonyl (C=O) groups excluding carboxylic acids is 1. The second-order valence-electron chi connectivity index (χ2n) is 3.34. The molecular weight excluding hydrogens is 224 g/mol. The molecule has 2 aromatic rings. The van der Waals surface area contributed by atoms with Crippen molar-refractivity contribution >= 4 is 17.1 Å². The van der Waals surface area contributed by atoms with E-state index < -0.39 is 0 Å². The molecule has 0 radical (unpaired) electrons. The molecule has 6 heteroatoms. The maximum Gasteiger partial charge on any atom is 0.189 e. The Hall–Kier alpha value is -1.56. The number of Topliss-reactive ketones (excluding diaryl/α,β-unsaturated/α-hetero) is 1. The smallest absolute Gasteiger partial charge is 0.189 e. The molecule has 84 valence electrons. The molecule has 0 N–H and O–H groups in total. The highest BCUT2D eigenvalue weighted by molar-refractivity contribution is 7.09. The van der Waals surface area contributed by atoms with Crippen LogP contribution >= 0.6 is 11.3 Å². The van der Waals surface area contributed by atoms with Crippen molar-refractivity contribution in [2.75, 3.05) is 0 Å². The lowest BCUT2D eigenvalue weighted by molar-refractivity contribution is 0.0985. The van der Waals surface area contributed by atoms with E-state index in [0.717, 1.165) is 11.6 Å². The maximum absolute atomic E-state index is 11.9. The van der Waals surface area contributed by atoms with Crippen molar-refractivity contribution < 1.29 is 4.79 Å². The molecule has 0 atom stereocenters. The van der Waals surface area contributed by atoms with Crippen LogP contribution in [0.15, 0.2) is 11.7 Å². The van der Waals surface area contributed by atoms with Gasteiger partial charge >= 0.3 is 0 Å². The Labute approximate surface area is 97.2 Å². The molecule has 0 aromatic carbocycles. The van der Waals surface area contributed by atoms with Gasteiger partial charge in [-0.3, -0.25) is 4.79 Å². The molecule has 0 saturated carbocycles. The molecule has 2 rings (SSSR count). The van der Waals surface area contributed by atoms with E-state index in [0.29, 0.717) is 11.5 Å². The highest BCUT2D eigenvalue weighted by atomic mass is 32.1. The van der Waals surface area contributed by atoms with Crippen molar-refractivity contribution in [2.45, 2.75) is 26.8 Å². The molecule has 0 bridgehead atoms. The Balaban J connectivity index is 2.13. The molecule has 0 amide bonds. The van der Waals surface area contributed by atoms with E-state index in [1.54, 1.807) is 10.1 Å². The summed E-state index contributed by atoms with van der Waals surface area (Å²) in [6.45, 7) is 4.57. The van der Waals surface area contributed by atoms with Crippen LogP contribution in [0.3, 0.4) is 0 Å². The van der Waals surface area contributed by atoms with Gasteiger partial charge in [0.25, 0.3) is 0 Å². The monoisotopic (exact) mass is 236 g/mol. The summed E-state index contributed by atoms with van der Waals surface area (Å²) in [6, 6.07) is 0. The minimum atomic E-state index is -0.00736. The summed E-state index contributed by atoms with van der Waals surface area (Å²) in [7, 11) is 0. The zero-order valence-corrected chi connectivity index (χ0v) is 9.99. The van der Waals surface area contributed by atoms with Crippen LogP contribution < -0.4 is 0 Å². The number of thiazole rings is 1. The van der Waals surface area contributed by atoms with E-state index in [2.05, 4.69) is 15.1 Å². The lowest BCUT2D eigenvalue weighted by Gasteiger charge is -2.00. The SMILES string of the molecule is CCn1ncnc1CC(=O)c1csc(C)n1. The fourth-order valence-corrected chi connectivity index (χ4v) is 2.03. The molecule has 0 aliphatic heterocycles. The first-order chi connectivity index (χ1) is 7.70. The standard InChI is InChI=1S/C10H12N4OS/c1-3-14-10(11-6-12-14)4-9(15)8-5-16-7(2)13-8/h5-6H,3-4H2,1-2H3. The lowest BCUT2D eigenvalue weighted by atomic mass is 10.2. The van der Waals surface area contributed by atoms with Crippen LogP contribution in [0.5, 0.6) is 0 Å². The number of rotatable bonds is 4. The summed E-state index contributed by atoms with van der Waals surface area (Å²) in [5, 5.41) is 6.71. The largest absolute Gasteiger partial charge is 0.292 e. The van der Waals surface area contributed by atoms with Gasteiger partial charge in [0, 0.05) is 11.9 Å². The summed E-state index contributed by atoms with van der Waals surface area (Å²) in [4.78, 5) is 20.1. The molecule has 5 nitrogen and oxygen atoms in total. The number of aromatic nitrogens is 4. The minimum Gasteiger partial charge on any atom is -0.292 e. The average molecular weight is 236 g/mol. The number of aryl methyl sites for hydroxylation is 2. The quantitative estimate of drug-likeness (QED) is 0.754. The van der Waals surface area contributed by atoms with E-state index in [9.17, 15) is 4.79 Å². The van der Waals surface area contributed by atoms with E-state index in [4.69, 9.17) is 0 Å². The Morgan fingerprint density at radius 2 is 2.38 bits per heavy atom. The Morgan fingerprint density at radius 3 is 3.00 bits per heavy atom. The van der Waals surface area contributed by atoms with Crippen molar-refractivity contribution in [1.82, 2.24) is 19.7 Å². The van der Waals surface area contributed by atoms with Gasteiger partial charge in [0.2, 0.25) is 0 Å². The van der Waals surface area contributed by atoms with E-state index in [1.165, 1.54) is 17.7 Å². The molecule has 0 spiro atoms. The fourth-order valence-electron chi connectivity index (χ4n) is 1.41. The van der Waals surface area contributed by atoms with Gasteiger partial charge in [-0.2, -0.15) is 5.10 Å². The first kappa shape index (κ1) is 10.9. The number of hydrogen-bond donors (Lipinski definition) is 0. The van der Waals surface area contributed by atoms with Crippen LogP contribution in [0.1, 0.15) is 28.2 Å². The van der Waals surface area contributed by atoms with Crippen LogP contribution in [0.4, 0.5) is 0 Å². The topological polar surface area (TPSA) is 60.7 Å². The number of nitrogens with zero attached hydrogens (tertiary/aromatic N) is 4. The van der Waals surface area contributed by atoms with Crippen LogP contribution in [-0.2, 0) is 13.0 Å². The predicted octanol–water partition coefficient (Wildman–Crippen LogP) is 1.49. The molecule has 16 heavy (non-hydrogen) atoms. The van der Waals surface area contributed by atoms with Gasteiger partial charge in [-0.1, -0.05) is 0 Å². The zero-order chi connectivity index (χ0) is 11.5. The Bertz CT molecular complexity index is 502. The third-order valence-electron chi connectivity index (χ3n) is 2.22. The van der Waals surface area contributed by atoms with Crippen LogP contribution in [0.25, 0.3) is 0 Å². The summed E-state index contributed by atoms with van der Waals surface area (Å²) in [5.74, 6) is 0.685. The van der Waals surface area contributed by atoms with Crippen LogP contribution in [0.2, 0.25) is 0 Å². The van der Waals surface area contributed by atoms with Crippen LogP contribution in [-0.4, -0.2) is 25.5 Å². The van der Waals surface area contributed by atoms with Crippen molar-refractivity contribution in [2.24, 2.45) is 0 Å². The third-order valence-corrected chi connectivity index (χ3v) is 2.99. The summed E-state index contributed by atoms with van der Waals surface area (Å²) in [6.07, 6.45) is 1.73. The van der Waals surface area contributed by atoms with Crippen LogP contribution in [0, 0.1) is 6.92 Å². The van der Waals surface area contributed by atoms with Gasteiger partial charge in [0.15, 0.2) is 5.78 Å². The van der Waals surface area contributed by atoms with Gasteiger partial charge in [-0.25, -0.2) is 14.6 Å². The molecule has 0 aliphatic rings.